The minimum Gasteiger partial charge on any atom is -0.480 e. The summed E-state index contributed by atoms with van der Waals surface area (Å²) in [6.07, 6.45) is 4.89. The molecule has 10 nitrogen and oxygen atoms in total. The molecule has 1 aliphatic carbocycles. The molecule has 1 aliphatic heterocycles. The quantitative estimate of drug-likeness (QED) is 0.414. The van der Waals surface area contributed by atoms with Gasteiger partial charge < -0.3 is 29.8 Å². The monoisotopic (exact) mass is 541 g/mol. The Kier molecular flexibility index (Phi) is 8.94. The zero-order chi connectivity index (χ0) is 28.2. The molecule has 0 unspecified atom stereocenters. The first-order valence-electron chi connectivity index (χ1n) is 13.9. The van der Waals surface area contributed by atoms with Crippen molar-refractivity contribution in [3.8, 4) is 5.75 Å². The van der Waals surface area contributed by atoms with Crippen LogP contribution >= 0.6 is 0 Å². The Morgan fingerprint density at radius 1 is 1.18 bits per heavy atom. The van der Waals surface area contributed by atoms with E-state index in [4.69, 9.17) is 9.15 Å². The number of hydrogen-bond acceptors (Lipinski definition) is 7. The molecule has 0 spiro atoms. The van der Waals surface area contributed by atoms with Crippen molar-refractivity contribution >= 4 is 28.7 Å². The van der Waals surface area contributed by atoms with Gasteiger partial charge in [-0.1, -0.05) is 26.2 Å². The molecule has 1 aromatic carbocycles. The summed E-state index contributed by atoms with van der Waals surface area (Å²) in [4.78, 5) is 51.4. The molecule has 4 rings (SSSR count). The number of benzene rings is 1. The van der Waals surface area contributed by atoms with E-state index in [1.54, 1.807) is 24.0 Å². The SMILES string of the molecule is CCCc1cc(=O)oc2cc(C)cc(O[C@H](C)C(=O)NCC(=O)NCC(=O)N3CC[C@@]4(O)CCCC[C@@H]4C3)c12. The zero-order valence-corrected chi connectivity index (χ0v) is 23.0. The molecule has 212 valence electrons. The first-order valence-corrected chi connectivity index (χ1v) is 13.9. The van der Waals surface area contributed by atoms with Gasteiger partial charge in [-0.05, 0) is 62.8 Å². The number of hydrogen-bond donors (Lipinski definition) is 3. The number of ether oxygens (including phenoxy) is 1. The highest BCUT2D eigenvalue weighted by atomic mass is 16.5. The summed E-state index contributed by atoms with van der Waals surface area (Å²) in [6, 6.07) is 5.00. The lowest BCUT2D eigenvalue weighted by molar-refractivity contribution is -0.143. The minimum absolute atomic E-state index is 0.0834. The molecule has 2 aliphatic rings. The van der Waals surface area contributed by atoms with Crippen molar-refractivity contribution in [2.75, 3.05) is 26.2 Å². The number of carbonyl (C=O) groups is 3. The maximum Gasteiger partial charge on any atom is 0.336 e. The Morgan fingerprint density at radius 2 is 1.97 bits per heavy atom. The van der Waals surface area contributed by atoms with Crippen molar-refractivity contribution in [3.05, 3.63) is 39.7 Å². The van der Waals surface area contributed by atoms with E-state index in [0.717, 1.165) is 43.2 Å². The number of aliphatic hydroxyl groups is 1. The molecule has 2 heterocycles. The summed E-state index contributed by atoms with van der Waals surface area (Å²) in [5.41, 5.74) is 0.898. The van der Waals surface area contributed by atoms with Gasteiger partial charge in [0.05, 0.1) is 24.1 Å². The number of nitrogens with zero attached hydrogens (tertiary/aromatic N) is 1. The van der Waals surface area contributed by atoms with E-state index < -0.39 is 29.1 Å². The summed E-state index contributed by atoms with van der Waals surface area (Å²) in [7, 11) is 0. The normalized spacial score (nSPS) is 21.6. The zero-order valence-electron chi connectivity index (χ0n) is 23.0. The van der Waals surface area contributed by atoms with Crippen LogP contribution in [0.1, 0.15) is 63.5 Å². The molecule has 10 heteroatoms. The van der Waals surface area contributed by atoms with Gasteiger partial charge >= 0.3 is 5.63 Å². The molecular weight excluding hydrogens is 502 g/mol. The predicted molar refractivity (Wildman–Crippen MR) is 145 cm³/mol. The molecular formula is C29H39N3O7. The number of amides is 3. The largest absolute Gasteiger partial charge is 0.480 e. The second kappa shape index (κ2) is 12.2. The van der Waals surface area contributed by atoms with E-state index in [2.05, 4.69) is 10.6 Å². The van der Waals surface area contributed by atoms with Crippen molar-refractivity contribution in [1.82, 2.24) is 15.5 Å². The summed E-state index contributed by atoms with van der Waals surface area (Å²) in [5.74, 6) is -0.655. The van der Waals surface area contributed by atoms with Crippen LogP contribution in [-0.2, 0) is 20.8 Å². The van der Waals surface area contributed by atoms with Crippen LogP contribution in [0.4, 0.5) is 0 Å². The average molecular weight is 542 g/mol. The van der Waals surface area contributed by atoms with Crippen molar-refractivity contribution < 1.29 is 28.6 Å². The Labute approximate surface area is 228 Å². The topological polar surface area (TPSA) is 138 Å². The molecule has 1 saturated heterocycles. The fourth-order valence-electron chi connectivity index (χ4n) is 5.73. The number of piperidine rings is 1. The van der Waals surface area contributed by atoms with Crippen molar-refractivity contribution in [1.29, 1.82) is 0 Å². The number of nitrogens with one attached hydrogen (secondary N) is 2. The molecule has 2 fully saturated rings. The van der Waals surface area contributed by atoms with Gasteiger partial charge in [0, 0.05) is 25.1 Å². The summed E-state index contributed by atoms with van der Waals surface area (Å²) >= 11 is 0. The summed E-state index contributed by atoms with van der Waals surface area (Å²) in [5, 5.41) is 16.6. The van der Waals surface area contributed by atoms with Crippen LogP contribution in [0.2, 0.25) is 0 Å². The van der Waals surface area contributed by atoms with Crippen molar-refractivity contribution in [2.24, 2.45) is 5.92 Å². The lowest BCUT2D eigenvalue weighted by Crippen LogP contribution is -2.56. The predicted octanol–water partition coefficient (Wildman–Crippen LogP) is 2.21. The van der Waals surface area contributed by atoms with Crippen LogP contribution in [0.15, 0.2) is 27.4 Å². The first kappa shape index (κ1) is 28.6. The smallest absolute Gasteiger partial charge is 0.336 e. The Morgan fingerprint density at radius 3 is 2.74 bits per heavy atom. The molecule has 2 aromatic rings. The van der Waals surface area contributed by atoms with Gasteiger partial charge in [0.1, 0.15) is 11.3 Å². The third kappa shape index (κ3) is 6.79. The second-order valence-electron chi connectivity index (χ2n) is 10.9. The fourth-order valence-corrected chi connectivity index (χ4v) is 5.73. The molecule has 1 aromatic heterocycles. The van der Waals surface area contributed by atoms with Crippen molar-refractivity contribution in [2.45, 2.75) is 77.4 Å². The molecule has 3 amide bonds. The van der Waals surface area contributed by atoms with E-state index in [-0.39, 0.29) is 24.9 Å². The van der Waals surface area contributed by atoms with Crippen LogP contribution in [0.5, 0.6) is 5.75 Å². The standard InChI is InChI=1S/C29H39N3O7/c1-4-7-20-14-26(35)39-23-13-18(2)12-22(27(20)23)38-19(3)28(36)31-15-24(33)30-16-25(34)32-11-10-29(37)9-6-5-8-21(29)17-32/h12-14,19,21,37H,4-11,15-17H2,1-3H3,(H,30,33)(H,31,36)/t19-,21-,29+/m1/s1. The van der Waals surface area contributed by atoms with E-state index >= 15 is 0 Å². The average Bonchev–Trinajstić information content (AvgIpc) is 2.89. The first-order chi connectivity index (χ1) is 18.6. The maximum atomic E-state index is 12.7. The van der Waals surface area contributed by atoms with Gasteiger partial charge in [-0.3, -0.25) is 14.4 Å². The van der Waals surface area contributed by atoms with Crippen molar-refractivity contribution in [3.63, 3.8) is 0 Å². The lowest BCUT2D eigenvalue weighted by Gasteiger charge is -2.47. The highest BCUT2D eigenvalue weighted by Gasteiger charge is 2.43. The Hall–Kier alpha value is -3.40. The van der Waals surface area contributed by atoms with Gasteiger partial charge in [-0.2, -0.15) is 0 Å². The van der Waals surface area contributed by atoms with Gasteiger partial charge in [0.2, 0.25) is 11.8 Å². The highest BCUT2D eigenvalue weighted by Crippen LogP contribution is 2.39. The van der Waals surface area contributed by atoms with Crippen LogP contribution in [0.3, 0.4) is 0 Å². The highest BCUT2D eigenvalue weighted by molar-refractivity contribution is 5.91. The second-order valence-corrected chi connectivity index (χ2v) is 10.9. The number of carbonyl (C=O) groups excluding carboxylic acids is 3. The molecule has 0 bridgehead atoms. The molecule has 0 radical (unpaired) electrons. The van der Waals surface area contributed by atoms with E-state index in [0.29, 0.717) is 42.6 Å². The van der Waals surface area contributed by atoms with E-state index in [9.17, 15) is 24.3 Å². The van der Waals surface area contributed by atoms with E-state index in [1.165, 1.54) is 6.07 Å². The Bertz CT molecular complexity index is 1290. The van der Waals surface area contributed by atoms with Gasteiger partial charge in [0.15, 0.2) is 6.10 Å². The molecule has 3 N–H and O–H groups in total. The van der Waals surface area contributed by atoms with Crippen LogP contribution in [0.25, 0.3) is 11.0 Å². The van der Waals surface area contributed by atoms with Gasteiger partial charge in [-0.25, -0.2) is 4.79 Å². The molecule has 3 atom stereocenters. The Balaban J connectivity index is 1.28. The maximum absolute atomic E-state index is 12.7. The molecule has 1 saturated carbocycles. The number of likely N-dealkylation sites (tertiary alicyclic amines) is 1. The summed E-state index contributed by atoms with van der Waals surface area (Å²) in [6.45, 7) is 5.95. The van der Waals surface area contributed by atoms with E-state index in [1.807, 2.05) is 13.8 Å². The third-order valence-corrected chi connectivity index (χ3v) is 7.87. The number of fused-ring (bicyclic) bond motifs is 2. The summed E-state index contributed by atoms with van der Waals surface area (Å²) < 4.78 is 11.4. The van der Waals surface area contributed by atoms with Crippen LogP contribution < -0.4 is 21.0 Å². The minimum atomic E-state index is -0.923. The van der Waals surface area contributed by atoms with Crippen LogP contribution in [0, 0.1) is 12.8 Å². The number of aryl methyl sites for hydroxylation is 2. The number of rotatable bonds is 9. The third-order valence-electron chi connectivity index (χ3n) is 7.87. The fraction of sp³-hybridized carbons (Fsp3) is 0.586. The molecule has 39 heavy (non-hydrogen) atoms. The van der Waals surface area contributed by atoms with Gasteiger partial charge in [-0.15, -0.1) is 0 Å². The van der Waals surface area contributed by atoms with Crippen LogP contribution in [-0.4, -0.2) is 65.6 Å². The van der Waals surface area contributed by atoms with Gasteiger partial charge in [0.25, 0.3) is 5.91 Å². The lowest BCUT2D eigenvalue weighted by atomic mass is 9.71.